The number of hydrogen-bond acceptors (Lipinski definition) is 3. The average molecular weight is 462 g/mol. The molecule has 0 unspecified atom stereocenters. The molecule has 1 heterocycles. The van der Waals surface area contributed by atoms with Crippen LogP contribution in [0.25, 0.3) is 11.5 Å². The normalized spacial score (nSPS) is 11.1. The largest absolute Gasteiger partial charge is 0.444 e. The third-order valence-corrected chi connectivity index (χ3v) is 3.79. The van der Waals surface area contributed by atoms with Crippen molar-refractivity contribution in [3.05, 3.63) is 71.6 Å². The van der Waals surface area contributed by atoms with Crippen LogP contribution in [0.1, 0.15) is 16.8 Å². The first-order valence-corrected chi connectivity index (χ1v) is 8.25. The van der Waals surface area contributed by atoms with Crippen molar-refractivity contribution in [1.29, 1.82) is 0 Å². The van der Waals surface area contributed by atoms with Crippen molar-refractivity contribution in [3.63, 3.8) is 0 Å². The first-order valence-electron chi connectivity index (χ1n) is 8.25. The van der Waals surface area contributed by atoms with E-state index in [-0.39, 0.29) is 24.0 Å². The van der Waals surface area contributed by atoms with Crippen LogP contribution in [0, 0.1) is 13.8 Å². The number of nitrogens with zero attached hydrogens (tertiary/aromatic N) is 2. The van der Waals surface area contributed by atoms with Crippen molar-refractivity contribution in [2.24, 2.45) is 10.7 Å². The number of benzene rings is 2. The Balaban J connectivity index is 0.00000243. The van der Waals surface area contributed by atoms with Crippen molar-refractivity contribution >= 4 is 35.6 Å². The number of guanidine groups is 1. The fourth-order valence-electron chi connectivity index (χ4n) is 2.45. The number of aryl methyl sites for hydroxylation is 2. The first kappa shape index (κ1) is 20.0. The van der Waals surface area contributed by atoms with Crippen LogP contribution < -0.4 is 11.1 Å². The highest BCUT2D eigenvalue weighted by molar-refractivity contribution is 14.0. The van der Waals surface area contributed by atoms with Gasteiger partial charge in [0, 0.05) is 24.2 Å². The van der Waals surface area contributed by atoms with Crippen LogP contribution >= 0.6 is 24.0 Å². The third kappa shape index (κ3) is 5.59. The predicted octanol–water partition coefficient (Wildman–Crippen LogP) is 4.55. The summed E-state index contributed by atoms with van der Waals surface area (Å²) in [5, 5.41) is 3.09. The summed E-state index contributed by atoms with van der Waals surface area (Å²) in [7, 11) is 0. The van der Waals surface area contributed by atoms with E-state index in [1.54, 1.807) is 6.26 Å². The molecule has 0 bridgehead atoms. The Labute approximate surface area is 170 Å². The molecule has 0 aliphatic heterocycles. The van der Waals surface area contributed by atoms with Gasteiger partial charge in [-0.2, -0.15) is 0 Å². The van der Waals surface area contributed by atoms with Crippen molar-refractivity contribution in [1.82, 2.24) is 4.98 Å². The number of rotatable bonds is 5. The molecule has 0 saturated carbocycles. The quantitative estimate of drug-likeness (QED) is 0.332. The van der Waals surface area contributed by atoms with E-state index >= 15 is 0 Å². The molecule has 0 fully saturated rings. The number of hydrogen-bond donors (Lipinski definition) is 2. The van der Waals surface area contributed by atoms with E-state index in [0.717, 1.165) is 16.9 Å². The number of aromatic nitrogens is 1. The van der Waals surface area contributed by atoms with Gasteiger partial charge in [-0.3, -0.25) is 4.99 Å². The summed E-state index contributed by atoms with van der Waals surface area (Å²) in [6, 6.07) is 16.1. The molecule has 5 nitrogen and oxygen atoms in total. The minimum Gasteiger partial charge on any atom is -0.444 e. The summed E-state index contributed by atoms with van der Waals surface area (Å²) in [4.78, 5) is 8.85. The van der Waals surface area contributed by atoms with Gasteiger partial charge in [0.2, 0.25) is 5.89 Å². The molecule has 0 aliphatic rings. The molecule has 26 heavy (non-hydrogen) atoms. The monoisotopic (exact) mass is 462 g/mol. The third-order valence-electron chi connectivity index (χ3n) is 3.79. The van der Waals surface area contributed by atoms with E-state index in [9.17, 15) is 0 Å². The summed E-state index contributed by atoms with van der Waals surface area (Å²) in [6.45, 7) is 4.64. The zero-order valence-corrected chi connectivity index (χ0v) is 17.2. The molecule has 0 spiro atoms. The van der Waals surface area contributed by atoms with Crippen LogP contribution in [0.3, 0.4) is 0 Å². The fourth-order valence-corrected chi connectivity index (χ4v) is 2.45. The molecule has 3 N–H and O–H groups in total. The van der Waals surface area contributed by atoms with Gasteiger partial charge in [0.1, 0.15) is 6.26 Å². The van der Waals surface area contributed by atoms with E-state index in [1.165, 1.54) is 11.1 Å². The Kier molecular flexibility index (Phi) is 7.20. The molecule has 2 aromatic carbocycles. The van der Waals surface area contributed by atoms with Gasteiger partial charge in [0.15, 0.2) is 5.96 Å². The van der Waals surface area contributed by atoms with Gasteiger partial charge in [0.05, 0.1) is 5.69 Å². The van der Waals surface area contributed by atoms with Crippen molar-refractivity contribution in [3.8, 4) is 11.5 Å². The second-order valence-electron chi connectivity index (χ2n) is 6.02. The molecule has 0 atom stereocenters. The van der Waals surface area contributed by atoms with Crippen molar-refractivity contribution in [2.75, 3.05) is 11.9 Å². The smallest absolute Gasteiger partial charge is 0.226 e. The molecular formula is C20H23IN4O. The maximum absolute atomic E-state index is 5.93. The Morgan fingerprint density at radius 1 is 1.12 bits per heavy atom. The van der Waals surface area contributed by atoms with Crippen LogP contribution in [-0.2, 0) is 6.42 Å². The van der Waals surface area contributed by atoms with E-state index in [4.69, 9.17) is 10.2 Å². The summed E-state index contributed by atoms with van der Waals surface area (Å²) in [5.74, 6) is 1.03. The van der Waals surface area contributed by atoms with Crippen LogP contribution in [0.2, 0.25) is 0 Å². The molecule has 136 valence electrons. The zero-order valence-electron chi connectivity index (χ0n) is 14.9. The maximum atomic E-state index is 5.93. The lowest BCUT2D eigenvalue weighted by molar-refractivity contribution is 0.572. The summed E-state index contributed by atoms with van der Waals surface area (Å²) in [5.41, 5.74) is 11.1. The Morgan fingerprint density at radius 3 is 2.62 bits per heavy atom. The molecule has 3 aromatic rings. The lowest BCUT2D eigenvalue weighted by Crippen LogP contribution is -2.23. The number of aliphatic imine (C=N–C) groups is 1. The number of anilines is 1. The molecule has 0 radical (unpaired) electrons. The predicted molar refractivity (Wildman–Crippen MR) is 117 cm³/mol. The topological polar surface area (TPSA) is 76.4 Å². The molecular weight excluding hydrogens is 439 g/mol. The van der Waals surface area contributed by atoms with Crippen molar-refractivity contribution in [2.45, 2.75) is 20.3 Å². The average Bonchev–Trinajstić information content (AvgIpc) is 3.04. The highest BCUT2D eigenvalue weighted by Crippen LogP contribution is 2.19. The lowest BCUT2D eigenvalue weighted by Gasteiger charge is -2.05. The molecule has 1 aromatic heterocycles. The first-order chi connectivity index (χ1) is 12.1. The van der Waals surface area contributed by atoms with E-state index in [1.807, 2.05) is 55.5 Å². The van der Waals surface area contributed by atoms with E-state index < -0.39 is 0 Å². The highest BCUT2D eigenvalue weighted by Gasteiger charge is 2.06. The van der Waals surface area contributed by atoms with Gasteiger partial charge in [-0.1, -0.05) is 29.8 Å². The summed E-state index contributed by atoms with van der Waals surface area (Å²) in [6.07, 6.45) is 2.35. The Bertz CT molecular complexity index is 872. The number of nitrogens with one attached hydrogen (secondary N) is 1. The second-order valence-corrected chi connectivity index (χ2v) is 6.02. The second kappa shape index (κ2) is 9.38. The summed E-state index contributed by atoms with van der Waals surface area (Å²) >= 11 is 0. The molecule has 0 saturated heterocycles. The van der Waals surface area contributed by atoms with Gasteiger partial charge in [-0.25, -0.2) is 4.98 Å². The Morgan fingerprint density at radius 2 is 1.88 bits per heavy atom. The molecule has 3 rings (SSSR count). The van der Waals surface area contributed by atoms with Crippen LogP contribution in [0.15, 0.2) is 64.2 Å². The standard InChI is InChI=1S/C20H22N4O.HI/c1-14-6-8-16(9-7-14)19-23-18(13-25-19)10-11-22-20(21)24-17-5-3-4-15(2)12-17;/h3-9,12-13H,10-11H2,1-2H3,(H3,21,22,24);1H. The number of halogens is 1. The minimum atomic E-state index is 0. The van der Waals surface area contributed by atoms with Crippen LogP contribution in [-0.4, -0.2) is 17.5 Å². The number of nitrogens with two attached hydrogens (primary N) is 1. The van der Waals surface area contributed by atoms with Crippen molar-refractivity contribution < 1.29 is 4.42 Å². The SMILES string of the molecule is Cc1ccc(-c2nc(CCN=C(N)Nc3cccc(C)c3)co2)cc1.I. The van der Waals surface area contributed by atoms with Gasteiger partial charge >= 0.3 is 0 Å². The minimum absolute atomic E-state index is 0. The van der Waals surface area contributed by atoms with Gasteiger partial charge in [0.25, 0.3) is 0 Å². The van der Waals surface area contributed by atoms with Crippen LogP contribution in [0.5, 0.6) is 0 Å². The van der Waals surface area contributed by atoms with Gasteiger partial charge in [-0.05, 0) is 43.7 Å². The molecule has 0 aliphatic carbocycles. The Hall–Kier alpha value is -2.35. The fraction of sp³-hybridized carbons (Fsp3) is 0.200. The number of oxazole rings is 1. The maximum Gasteiger partial charge on any atom is 0.226 e. The van der Waals surface area contributed by atoms with E-state index in [2.05, 4.69) is 22.2 Å². The van der Waals surface area contributed by atoms with Gasteiger partial charge in [-0.15, -0.1) is 24.0 Å². The van der Waals surface area contributed by atoms with Gasteiger partial charge < -0.3 is 15.5 Å². The zero-order chi connectivity index (χ0) is 17.6. The molecule has 0 amide bonds. The van der Waals surface area contributed by atoms with Crippen LogP contribution in [0.4, 0.5) is 5.69 Å². The lowest BCUT2D eigenvalue weighted by atomic mass is 10.1. The highest BCUT2D eigenvalue weighted by atomic mass is 127. The van der Waals surface area contributed by atoms with E-state index in [0.29, 0.717) is 24.8 Å². The molecule has 6 heteroatoms. The summed E-state index contributed by atoms with van der Waals surface area (Å²) < 4.78 is 5.55.